The van der Waals surface area contributed by atoms with Gasteiger partial charge in [0.15, 0.2) is 0 Å². The van der Waals surface area contributed by atoms with Crippen LogP contribution in [0.25, 0.3) is 0 Å². The molecule has 5 heteroatoms. The van der Waals surface area contributed by atoms with Gasteiger partial charge in [-0.05, 0) is 13.8 Å². The van der Waals surface area contributed by atoms with Crippen LogP contribution in [-0.2, 0) is 4.79 Å². The molecular formula is C7H12N4O. The Morgan fingerprint density at radius 3 is 2.92 bits per heavy atom. The summed E-state index contributed by atoms with van der Waals surface area (Å²) in [4.78, 5) is 11.0. The predicted octanol–water partition coefficient (Wildman–Crippen LogP) is 0.147. The topological polar surface area (TPSA) is 79.8 Å². The highest BCUT2D eigenvalue weighted by Crippen LogP contribution is 2.09. The van der Waals surface area contributed by atoms with E-state index in [1.807, 2.05) is 0 Å². The van der Waals surface area contributed by atoms with E-state index >= 15 is 0 Å². The molecule has 0 aliphatic carbocycles. The molecule has 0 bridgehead atoms. The van der Waals surface area contributed by atoms with Crippen molar-refractivity contribution in [1.29, 1.82) is 0 Å². The quantitative estimate of drug-likeness (QED) is 0.576. The summed E-state index contributed by atoms with van der Waals surface area (Å²) >= 11 is 0. The van der Waals surface area contributed by atoms with E-state index in [1.165, 1.54) is 0 Å². The third-order valence-corrected chi connectivity index (χ3v) is 1.57. The molecule has 1 atom stereocenters. The Balaban J connectivity index is 2.74. The van der Waals surface area contributed by atoms with E-state index in [4.69, 9.17) is 5.73 Å². The van der Waals surface area contributed by atoms with Crippen LogP contribution in [0.1, 0.15) is 13.8 Å². The largest absolute Gasteiger partial charge is 0.372 e. The van der Waals surface area contributed by atoms with Gasteiger partial charge in [0.2, 0.25) is 0 Å². The third kappa shape index (κ3) is 1.88. The summed E-state index contributed by atoms with van der Waals surface area (Å²) in [5.74, 6) is -0.288. The van der Waals surface area contributed by atoms with Crippen LogP contribution in [-0.4, -0.2) is 18.6 Å². The number of carbonyl (C=O) groups excluding carboxylic acids is 1. The van der Waals surface area contributed by atoms with Gasteiger partial charge >= 0.3 is 0 Å². The Morgan fingerprint density at radius 2 is 2.33 bits per heavy atom. The number of amides is 1. The van der Waals surface area contributed by atoms with Crippen molar-refractivity contribution in [2.24, 2.45) is 16.0 Å². The maximum Gasteiger partial charge on any atom is 0.292 e. The second-order valence-corrected chi connectivity index (χ2v) is 2.74. The minimum atomic E-state index is -0.288. The Labute approximate surface area is 70.7 Å². The van der Waals surface area contributed by atoms with Crippen LogP contribution in [0.5, 0.6) is 0 Å². The van der Waals surface area contributed by atoms with E-state index in [0.717, 1.165) is 5.70 Å². The van der Waals surface area contributed by atoms with Gasteiger partial charge in [-0.15, -0.1) is 5.11 Å². The van der Waals surface area contributed by atoms with E-state index in [9.17, 15) is 4.79 Å². The maximum absolute atomic E-state index is 11.0. The zero-order valence-electron chi connectivity index (χ0n) is 7.16. The molecule has 0 radical (unpaired) electrons. The number of hydrogen-bond acceptors (Lipinski definition) is 4. The van der Waals surface area contributed by atoms with Gasteiger partial charge in [-0.3, -0.25) is 4.79 Å². The summed E-state index contributed by atoms with van der Waals surface area (Å²) in [7, 11) is 0. The van der Waals surface area contributed by atoms with E-state index in [2.05, 4.69) is 15.5 Å². The summed E-state index contributed by atoms with van der Waals surface area (Å²) in [6, 6.07) is 0. The molecule has 0 aromatic rings. The SMILES string of the molecule is CC1=C(NC(C)N)CN=NC1=O. The van der Waals surface area contributed by atoms with Crippen LogP contribution < -0.4 is 11.1 Å². The number of hydrogen-bond donors (Lipinski definition) is 2. The molecule has 3 N–H and O–H groups in total. The Morgan fingerprint density at radius 1 is 1.67 bits per heavy atom. The van der Waals surface area contributed by atoms with Crippen molar-refractivity contribution in [3.05, 3.63) is 11.3 Å². The zero-order chi connectivity index (χ0) is 9.14. The van der Waals surface area contributed by atoms with Crippen molar-refractivity contribution < 1.29 is 4.79 Å². The van der Waals surface area contributed by atoms with E-state index in [-0.39, 0.29) is 12.1 Å². The number of azo groups is 1. The molecule has 0 spiro atoms. The van der Waals surface area contributed by atoms with Crippen molar-refractivity contribution in [1.82, 2.24) is 5.32 Å². The number of nitrogens with one attached hydrogen (secondary N) is 1. The minimum absolute atomic E-state index is 0.170. The van der Waals surface area contributed by atoms with Crippen molar-refractivity contribution in [2.75, 3.05) is 6.54 Å². The van der Waals surface area contributed by atoms with Crippen molar-refractivity contribution in [2.45, 2.75) is 20.0 Å². The van der Waals surface area contributed by atoms with Crippen molar-refractivity contribution in [3.8, 4) is 0 Å². The van der Waals surface area contributed by atoms with Gasteiger partial charge < -0.3 is 11.1 Å². The number of rotatable bonds is 2. The normalized spacial score (nSPS) is 19.8. The van der Waals surface area contributed by atoms with E-state index < -0.39 is 0 Å². The van der Waals surface area contributed by atoms with Gasteiger partial charge in [-0.2, -0.15) is 5.11 Å². The third-order valence-electron chi connectivity index (χ3n) is 1.57. The van der Waals surface area contributed by atoms with Crippen LogP contribution in [0.4, 0.5) is 0 Å². The lowest BCUT2D eigenvalue weighted by atomic mass is 10.2. The molecule has 0 aromatic heterocycles. The maximum atomic E-state index is 11.0. The molecule has 1 heterocycles. The highest BCUT2D eigenvalue weighted by Gasteiger charge is 2.14. The molecule has 1 rings (SSSR count). The van der Waals surface area contributed by atoms with Gasteiger partial charge in [0.25, 0.3) is 5.91 Å². The molecule has 0 aromatic carbocycles. The number of nitrogens with two attached hydrogens (primary N) is 1. The Hall–Kier alpha value is -1.23. The molecule has 66 valence electrons. The fraction of sp³-hybridized carbons (Fsp3) is 0.571. The average molecular weight is 168 g/mol. The zero-order valence-corrected chi connectivity index (χ0v) is 7.16. The van der Waals surface area contributed by atoms with Crippen LogP contribution in [0.2, 0.25) is 0 Å². The molecule has 1 unspecified atom stereocenters. The summed E-state index contributed by atoms with van der Waals surface area (Å²) in [6.07, 6.45) is -0.170. The molecule has 1 aliphatic heterocycles. The lowest BCUT2D eigenvalue weighted by molar-refractivity contribution is -0.115. The molecule has 0 saturated heterocycles. The average Bonchev–Trinajstić information content (AvgIpc) is 1.98. The molecule has 12 heavy (non-hydrogen) atoms. The second-order valence-electron chi connectivity index (χ2n) is 2.74. The molecule has 1 aliphatic rings. The van der Waals surface area contributed by atoms with Gasteiger partial charge in [0.1, 0.15) is 6.54 Å². The van der Waals surface area contributed by atoms with Crippen LogP contribution in [0.3, 0.4) is 0 Å². The van der Waals surface area contributed by atoms with Crippen LogP contribution in [0.15, 0.2) is 21.5 Å². The van der Waals surface area contributed by atoms with E-state index in [0.29, 0.717) is 12.1 Å². The standard InChI is InChI=1S/C7H12N4O/c1-4-6(10-5(2)8)3-9-11-7(4)12/h5,10H,3,8H2,1-2H3. The lowest BCUT2D eigenvalue weighted by Crippen LogP contribution is -2.36. The van der Waals surface area contributed by atoms with Gasteiger partial charge in [0, 0.05) is 11.3 Å². The van der Waals surface area contributed by atoms with E-state index in [1.54, 1.807) is 13.8 Å². The van der Waals surface area contributed by atoms with Crippen molar-refractivity contribution in [3.63, 3.8) is 0 Å². The highest BCUT2D eigenvalue weighted by atomic mass is 16.1. The first kappa shape index (κ1) is 8.86. The summed E-state index contributed by atoms with van der Waals surface area (Å²) < 4.78 is 0. The lowest BCUT2D eigenvalue weighted by Gasteiger charge is -2.15. The first-order valence-corrected chi connectivity index (χ1v) is 3.75. The smallest absolute Gasteiger partial charge is 0.292 e. The molecule has 1 amide bonds. The minimum Gasteiger partial charge on any atom is -0.372 e. The summed E-state index contributed by atoms with van der Waals surface area (Å²) in [6.45, 7) is 3.93. The van der Waals surface area contributed by atoms with Gasteiger partial charge in [-0.25, -0.2) is 0 Å². The van der Waals surface area contributed by atoms with Crippen LogP contribution in [0, 0.1) is 0 Å². The fourth-order valence-electron chi connectivity index (χ4n) is 0.922. The molecule has 0 saturated carbocycles. The van der Waals surface area contributed by atoms with Crippen molar-refractivity contribution >= 4 is 5.91 Å². The van der Waals surface area contributed by atoms with Crippen LogP contribution >= 0.6 is 0 Å². The fourth-order valence-corrected chi connectivity index (χ4v) is 0.922. The first-order chi connectivity index (χ1) is 5.61. The second kappa shape index (κ2) is 3.44. The first-order valence-electron chi connectivity index (χ1n) is 3.75. The number of nitrogens with zero attached hydrogens (tertiary/aromatic N) is 2. The molecule has 5 nitrogen and oxygen atoms in total. The Bertz CT molecular complexity index is 254. The summed E-state index contributed by atoms with van der Waals surface area (Å²) in [5, 5.41) is 10.0. The Kier molecular flexibility index (Phi) is 2.54. The monoisotopic (exact) mass is 168 g/mol. The highest BCUT2D eigenvalue weighted by molar-refractivity contribution is 5.94. The number of carbonyl (C=O) groups is 1. The predicted molar refractivity (Wildman–Crippen MR) is 44.2 cm³/mol. The van der Waals surface area contributed by atoms with Gasteiger partial charge in [0.05, 0.1) is 6.17 Å². The summed E-state index contributed by atoms with van der Waals surface area (Å²) in [5.41, 5.74) is 6.87. The molecule has 0 fully saturated rings. The van der Waals surface area contributed by atoms with Gasteiger partial charge in [-0.1, -0.05) is 0 Å². The molecular weight excluding hydrogens is 156 g/mol.